The fourth-order valence-corrected chi connectivity index (χ4v) is 2.00. The molecule has 0 radical (unpaired) electrons. The summed E-state index contributed by atoms with van der Waals surface area (Å²) in [4.78, 5) is 2.44. The van der Waals surface area contributed by atoms with Crippen LogP contribution < -0.4 is 5.73 Å². The van der Waals surface area contributed by atoms with E-state index in [0.717, 1.165) is 32.5 Å². The van der Waals surface area contributed by atoms with Gasteiger partial charge >= 0.3 is 0 Å². The molecule has 0 bridgehead atoms. The molecule has 1 aliphatic heterocycles. The lowest BCUT2D eigenvalue weighted by molar-refractivity contribution is 0.0177. The smallest absolute Gasteiger partial charge is 0.0599 e. The maximum atomic E-state index is 5.76. The minimum atomic E-state index is 0.408. The Morgan fingerprint density at radius 3 is 2.93 bits per heavy atom. The van der Waals surface area contributed by atoms with Crippen molar-refractivity contribution in [3.05, 3.63) is 12.2 Å². The zero-order valence-electron chi connectivity index (χ0n) is 9.28. The molecular formula is C11H22N2O. The van der Waals surface area contributed by atoms with Crippen LogP contribution in [0.15, 0.2) is 12.2 Å². The number of nitrogens with zero attached hydrogens (tertiary/aromatic N) is 1. The van der Waals surface area contributed by atoms with Gasteiger partial charge in [-0.25, -0.2) is 0 Å². The van der Waals surface area contributed by atoms with Gasteiger partial charge in [0.1, 0.15) is 0 Å². The maximum Gasteiger partial charge on any atom is 0.0599 e. The van der Waals surface area contributed by atoms with Gasteiger partial charge in [0.2, 0.25) is 0 Å². The number of hydrogen-bond acceptors (Lipinski definition) is 3. The summed E-state index contributed by atoms with van der Waals surface area (Å²) < 4.78 is 5.38. The summed E-state index contributed by atoms with van der Waals surface area (Å²) in [5.74, 6) is 0. The Morgan fingerprint density at radius 2 is 2.36 bits per heavy atom. The molecule has 0 aliphatic carbocycles. The van der Waals surface area contributed by atoms with Crippen molar-refractivity contribution in [2.45, 2.75) is 31.9 Å². The largest absolute Gasteiger partial charge is 0.381 e. The molecular weight excluding hydrogens is 176 g/mol. The molecule has 3 nitrogen and oxygen atoms in total. The number of methoxy groups -OCH3 is 1. The Labute approximate surface area is 86.9 Å². The Hall–Kier alpha value is -0.380. The van der Waals surface area contributed by atoms with Crippen LogP contribution in [0.5, 0.6) is 0 Å². The first-order valence-corrected chi connectivity index (χ1v) is 5.39. The SMILES string of the molecule is C/C=C/CN1CCC(OC)CC1CN. The topological polar surface area (TPSA) is 38.5 Å². The van der Waals surface area contributed by atoms with Crippen molar-refractivity contribution in [3.8, 4) is 0 Å². The molecule has 14 heavy (non-hydrogen) atoms. The molecule has 1 fully saturated rings. The fraction of sp³-hybridized carbons (Fsp3) is 0.818. The normalized spacial score (nSPS) is 29.9. The third kappa shape index (κ3) is 3.08. The molecule has 0 aromatic heterocycles. The summed E-state index contributed by atoms with van der Waals surface area (Å²) in [5, 5.41) is 0. The lowest BCUT2D eigenvalue weighted by Gasteiger charge is -2.37. The molecule has 2 N–H and O–H groups in total. The summed E-state index contributed by atoms with van der Waals surface area (Å²) in [5.41, 5.74) is 5.76. The van der Waals surface area contributed by atoms with E-state index in [4.69, 9.17) is 10.5 Å². The van der Waals surface area contributed by atoms with Gasteiger partial charge < -0.3 is 10.5 Å². The number of hydrogen-bond donors (Lipinski definition) is 1. The Balaban J connectivity index is 2.43. The van der Waals surface area contributed by atoms with E-state index in [-0.39, 0.29) is 0 Å². The predicted molar refractivity (Wildman–Crippen MR) is 59.3 cm³/mol. The average molecular weight is 198 g/mol. The zero-order chi connectivity index (χ0) is 10.4. The fourth-order valence-electron chi connectivity index (χ4n) is 2.00. The van der Waals surface area contributed by atoms with Crippen LogP contribution in [0.2, 0.25) is 0 Å². The summed E-state index contributed by atoms with van der Waals surface area (Å²) in [6.45, 7) is 4.91. The van der Waals surface area contributed by atoms with Crippen molar-refractivity contribution in [2.24, 2.45) is 5.73 Å². The molecule has 1 rings (SSSR count). The van der Waals surface area contributed by atoms with E-state index < -0.39 is 0 Å². The second-order valence-electron chi connectivity index (χ2n) is 3.84. The van der Waals surface area contributed by atoms with Gasteiger partial charge in [-0.15, -0.1) is 0 Å². The Morgan fingerprint density at radius 1 is 1.57 bits per heavy atom. The minimum Gasteiger partial charge on any atom is -0.381 e. The lowest BCUT2D eigenvalue weighted by Crippen LogP contribution is -2.48. The highest BCUT2D eigenvalue weighted by Gasteiger charge is 2.26. The molecule has 1 saturated heterocycles. The van der Waals surface area contributed by atoms with E-state index in [0.29, 0.717) is 12.1 Å². The molecule has 1 heterocycles. The Kier molecular flexibility index (Phi) is 5.15. The number of likely N-dealkylation sites (tertiary alicyclic amines) is 1. The average Bonchev–Trinajstić information content (AvgIpc) is 2.26. The highest BCUT2D eigenvalue weighted by atomic mass is 16.5. The monoisotopic (exact) mass is 198 g/mol. The second-order valence-corrected chi connectivity index (χ2v) is 3.84. The molecule has 2 unspecified atom stereocenters. The van der Waals surface area contributed by atoms with Gasteiger partial charge in [0, 0.05) is 32.8 Å². The van der Waals surface area contributed by atoms with E-state index in [1.807, 2.05) is 0 Å². The van der Waals surface area contributed by atoms with E-state index >= 15 is 0 Å². The first-order chi connectivity index (χ1) is 6.81. The third-order valence-corrected chi connectivity index (χ3v) is 2.97. The lowest BCUT2D eigenvalue weighted by atomic mass is 9.99. The van der Waals surface area contributed by atoms with Crippen molar-refractivity contribution in [3.63, 3.8) is 0 Å². The summed E-state index contributed by atoms with van der Waals surface area (Å²) >= 11 is 0. The van der Waals surface area contributed by atoms with Crippen LogP contribution in [-0.2, 0) is 4.74 Å². The minimum absolute atomic E-state index is 0.408. The first kappa shape index (κ1) is 11.7. The van der Waals surface area contributed by atoms with Gasteiger partial charge in [0.15, 0.2) is 0 Å². The predicted octanol–water partition coefficient (Wildman–Crippen LogP) is 1.00. The molecule has 0 spiro atoms. The molecule has 0 amide bonds. The molecule has 82 valence electrons. The quantitative estimate of drug-likeness (QED) is 0.685. The van der Waals surface area contributed by atoms with Gasteiger partial charge in [0.05, 0.1) is 6.10 Å². The van der Waals surface area contributed by atoms with Gasteiger partial charge in [-0.1, -0.05) is 12.2 Å². The molecule has 2 atom stereocenters. The van der Waals surface area contributed by atoms with Crippen LogP contribution in [0.4, 0.5) is 0 Å². The van der Waals surface area contributed by atoms with Crippen LogP contribution in [0.1, 0.15) is 19.8 Å². The molecule has 0 saturated carbocycles. The van der Waals surface area contributed by atoms with E-state index in [9.17, 15) is 0 Å². The van der Waals surface area contributed by atoms with Crippen molar-refractivity contribution in [2.75, 3.05) is 26.7 Å². The standard InChI is InChI=1S/C11H22N2O/c1-3-4-6-13-7-5-11(14-2)8-10(13)9-12/h3-4,10-11H,5-9,12H2,1-2H3/b4-3+. The van der Waals surface area contributed by atoms with Crippen LogP contribution in [0, 0.1) is 0 Å². The maximum absolute atomic E-state index is 5.76. The van der Waals surface area contributed by atoms with Gasteiger partial charge in [0.25, 0.3) is 0 Å². The zero-order valence-corrected chi connectivity index (χ0v) is 9.28. The number of rotatable bonds is 4. The molecule has 0 aromatic rings. The number of allylic oxidation sites excluding steroid dienone is 1. The van der Waals surface area contributed by atoms with Gasteiger partial charge in [-0.05, 0) is 19.8 Å². The van der Waals surface area contributed by atoms with Crippen molar-refractivity contribution in [1.82, 2.24) is 4.90 Å². The van der Waals surface area contributed by atoms with E-state index in [1.54, 1.807) is 7.11 Å². The molecule has 0 aromatic carbocycles. The van der Waals surface area contributed by atoms with Crippen molar-refractivity contribution >= 4 is 0 Å². The first-order valence-electron chi connectivity index (χ1n) is 5.39. The van der Waals surface area contributed by atoms with Crippen molar-refractivity contribution in [1.29, 1.82) is 0 Å². The van der Waals surface area contributed by atoms with Gasteiger partial charge in [-0.2, -0.15) is 0 Å². The summed E-state index contributed by atoms with van der Waals surface area (Å²) in [6, 6.07) is 0.491. The Bertz CT molecular complexity index is 182. The molecule has 1 aliphatic rings. The van der Waals surface area contributed by atoms with Crippen LogP contribution >= 0.6 is 0 Å². The molecule has 3 heteroatoms. The summed E-state index contributed by atoms with van der Waals surface area (Å²) in [6.07, 6.45) is 6.89. The number of nitrogens with two attached hydrogens (primary N) is 1. The van der Waals surface area contributed by atoms with Crippen molar-refractivity contribution < 1.29 is 4.74 Å². The van der Waals surface area contributed by atoms with Crippen LogP contribution in [-0.4, -0.2) is 43.8 Å². The third-order valence-electron chi connectivity index (χ3n) is 2.97. The van der Waals surface area contributed by atoms with E-state index in [2.05, 4.69) is 24.0 Å². The highest BCUT2D eigenvalue weighted by molar-refractivity contribution is 4.89. The number of ether oxygens (including phenoxy) is 1. The van der Waals surface area contributed by atoms with Gasteiger partial charge in [-0.3, -0.25) is 4.90 Å². The highest BCUT2D eigenvalue weighted by Crippen LogP contribution is 2.18. The summed E-state index contributed by atoms with van der Waals surface area (Å²) in [7, 11) is 1.79. The number of piperidine rings is 1. The second kappa shape index (κ2) is 6.17. The van der Waals surface area contributed by atoms with E-state index in [1.165, 1.54) is 0 Å². The van der Waals surface area contributed by atoms with Crippen LogP contribution in [0.3, 0.4) is 0 Å². The van der Waals surface area contributed by atoms with Crippen LogP contribution in [0.25, 0.3) is 0 Å².